The number of hydrogen-bond acceptors (Lipinski definition) is 4. The van der Waals surface area contributed by atoms with E-state index >= 15 is 0 Å². The van der Waals surface area contributed by atoms with Gasteiger partial charge in [0.05, 0.1) is 17.4 Å². The number of nitrogens with two attached hydrogens (primary N) is 1. The molecule has 1 saturated carbocycles. The van der Waals surface area contributed by atoms with Gasteiger partial charge in [-0.3, -0.25) is 4.79 Å². The first-order valence-corrected chi connectivity index (χ1v) is 6.66. The zero-order chi connectivity index (χ0) is 15.7. The lowest BCUT2D eigenvalue weighted by atomic mass is 10.2. The number of nitrogens with one attached hydrogen (secondary N) is 1. The van der Waals surface area contributed by atoms with Crippen molar-refractivity contribution in [3.63, 3.8) is 0 Å². The Hall–Kier alpha value is -2.54. The molecule has 3 N–H and O–H groups in total. The fourth-order valence-electron chi connectivity index (χ4n) is 1.80. The predicted molar refractivity (Wildman–Crippen MR) is 75.5 cm³/mol. The molecule has 0 radical (unpaired) electrons. The monoisotopic (exact) mass is 305 g/mol. The fraction of sp³-hybridized carbons (Fsp3) is 0.200. The van der Waals surface area contributed by atoms with Gasteiger partial charge in [0.2, 0.25) is 11.8 Å². The van der Waals surface area contributed by atoms with E-state index in [1.165, 1.54) is 18.3 Å². The molecule has 0 unspecified atom stereocenters. The van der Waals surface area contributed by atoms with Crippen molar-refractivity contribution in [1.82, 2.24) is 4.98 Å². The Morgan fingerprint density at radius 3 is 2.64 bits per heavy atom. The summed E-state index contributed by atoms with van der Waals surface area (Å²) in [6, 6.07) is 6.01. The molecular formula is C15H13F2N3O2. The van der Waals surface area contributed by atoms with E-state index in [4.69, 9.17) is 10.5 Å². The van der Waals surface area contributed by atoms with Gasteiger partial charge in [0, 0.05) is 12.1 Å². The lowest BCUT2D eigenvalue weighted by Gasteiger charge is -2.10. The lowest BCUT2D eigenvalue weighted by molar-refractivity contribution is -0.118. The van der Waals surface area contributed by atoms with E-state index in [2.05, 4.69) is 10.3 Å². The van der Waals surface area contributed by atoms with Gasteiger partial charge in [-0.2, -0.15) is 0 Å². The van der Waals surface area contributed by atoms with Crippen LogP contribution in [0.15, 0.2) is 36.5 Å². The second-order valence-corrected chi connectivity index (χ2v) is 5.17. The molecule has 1 amide bonds. The summed E-state index contributed by atoms with van der Waals surface area (Å²) in [5, 5.41) is 2.65. The van der Waals surface area contributed by atoms with Crippen LogP contribution in [0.25, 0.3) is 0 Å². The van der Waals surface area contributed by atoms with E-state index in [1.807, 2.05) is 0 Å². The van der Waals surface area contributed by atoms with E-state index in [0.29, 0.717) is 18.5 Å². The van der Waals surface area contributed by atoms with Crippen LogP contribution in [-0.4, -0.2) is 16.4 Å². The Labute approximate surface area is 125 Å². The van der Waals surface area contributed by atoms with Crippen LogP contribution in [0.3, 0.4) is 0 Å². The zero-order valence-electron chi connectivity index (χ0n) is 11.5. The average Bonchev–Trinajstić information content (AvgIpc) is 3.23. The molecule has 2 aromatic rings. The summed E-state index contributed by atoms with van der Waals surface area (Å²) in [7, 11) is 0. The Morgan fingerprint density at radius 2 is 2.05 bits per heavy atom. The van der Waals surface area contributed by atoms with Gasteiger partial charge in [-0.15, -0.1) is 0 Å². The summed E-state index contributed by atoms with van der Waals surface area (Å²) in [6.45, 7) is 0. The molecule has 0 aliphatic heterocycles. The molecule has 0 spiro atoms. The minimum Gasteiger partial charge on any atom is -0.436 e. The molecular weight excluding hydrogens is 292 g/mol. The first-order valence-electron chi connectivity index (χ1n) is 6.66. The molecule has 1 fully saturated rings. The molecule has 1 aromatic heterocycles. The SMILES string of the molecule is NC1(C(=O)Nc2ccc(Oc3ccc(F)cc3F)nc2)CC1. The molecule has 1 heterocycles. The average molecular weight is 305 g/mol. The summed E-state index contributed by atoms with van der Waals surface area (Å²) in [6.07, 6.45) is 2.70. The summed E-state index contributed by atoms with van der Waals surface area (Å²) in [5.41, 5.74) is 5.46. The van der Waals surface area contributed by atoms with Gasteiger partial charge in [-0.25, -0.2) is 13.8 Å². The summed E-state index contributed by atoms with van der Waals surface area (Å²) in [5.74, 6) is -1.78. The summed E-state index contributed by atoms with van der Waals surface area (Å²) >= 11 is 0. The van der Waals surface area contributed by atoms with Gasteiger partial charge in [0.25, 0.3) is 0 Å². The van der Waals surface area contributed by atoms with E-state index in [-0.39, 0.29) is 17.5 Å². The number of rotatable bonds is 4. The number of carbonyl (C=O) groups excluding carboxylic acids is 1. The third-order valence-electron chi connectivity index (χ3n) is 3.34. The molecule has 7 heteroatoms. The topological polar surface area (TPSA) is 77.2 Å². The van der Waals surface area contributed by atoms with Gasteiger partial charge in [0.15, 0.2) is 11.6 Å². The Bertz CT molecular complexity index is 715. The maximum Gasteiger partial charge on any atom is 0.244 e. The molecule has 0 saturated heterocycles. The predicted octanol–water partition coefficient (Wildman–Crippen LogP) is 2.58. The number of pyridine rings is 1. The van der Waals surface area contributed by atoms with Crippen LogP contribution in [0.5, 0.6) is 11.6 Å². The van der Waals surface area contributed by atoms with Crippen LogP contribution in [0.1, 0.15) is 12.8 Å². The number of amides is 1. The van der Waals surface area contributed by atoms with Crippen molar-refractivity contribution in [3.05, 3.63) is 48.2 Å². The maximum atomic E-state index is 13.5. The summed E-state index contributed by atoms with van der Waals surface area (Å²) < 4.78 is 31.5. The number of nitrogens with zero attached hydrogens (tertiary/aromatic N) is 1. The minimum atomic E-state index is -0.821. The van der Waals surface area contributed by atoms with Crippen molar-refractivity contribution in [2.75, 3.05) is 5.32 Å². The number of halogens is 2. The molecule has 1 aliphatic rings. The molecule has 3 rings (SSSR count). The van der Waals surface area contributed by atoms with E-state index < -0.39 is 17.2 Å². The van der Waals surface area contributed by atoms with Gasteiger partial charge < -0.3 is 15.8 Å². The highest BCUT2D eigenvalue weighted by Crippen LogP contribution is 2.33. The smallest absolute Gasteiger partial charge is 0.244 e. The summed E-state index contributed by atoms with van der Waals surface area (Å²) in [4.78, 5) is 15.7. The third-order valence-corrected chi connectivity index (χ3v) is 3.34. The van der Waals surface area contributed by atoms with Gasteiger partial charge in [-0.1, -0.05) is 0 Å². The molecule has 22 heavy (non-hydrogen) atoms. The molecule has 0 bridgehead atoms. The number of benzene rings is 1. The molecule has 1 aliphatic carbocycles. The highest BCUT2D eigenvalue weighted by atomic mass is 19.1. The van der Waals surface area contributed by atoms with Gasteiger partial charge >= 0.3 is 0 Å². The highest BCUT2D eigenvalue weighted by Gasteiger charge is 2.45. The van der Waals surface area contributed by atoms with E-state index in [1.54, 1.807) is 6.07 Å². The zero-order valence-corrected chi connectivity index (χ0v) is 11.5. The van der Waals surface area contributed by atoms with Crippen LogP contribution in [0.4, 0.5) is 14.5 Å². The van der Waals surface area contributed by atoms with Crippen molar-refractivity contribution in [2.24, 2.45) is 5.73 Å². The normalized spacial score (nSPS) is 15.2. The van der Waals surface area contributed by atoms with E-state index in [0.717, 1.165) is 12.1 Å². The maximum absolute atomic E-state index is 13.5. The van der Waals surface area contributed by atoms with Crippen molar-refractivity contribution < 1.29 is 18.3 Å². The van der Waals surface area contributed by atoms with Gasteiger partial charge in [0.1, 0.15) is 5.82 Å². The van der Waals surface area contributed by atoms with Crippen molar-refractivity contribution in [1.29, 1.82) is 0 Å². The standard InChI is InChI=1S/C15H13F2N3O2/c16-9-1-3-12(11(17)7-9)22-13-4-2-10(8-19-13)20-14(21)15(18)5-6-15/h1-4,7-8H,5-6,18H2,(H,20,21). The van der Waals surface area contributed by atoms with Crippen LogP contribution in [-0.2, 0) is 4.79 Å². The van der Waals surface area contributed by atoms with Crippen LogP contribution >= 0.6 is 0 Å². The number of anilines is 1. The molecule has 114 valence electrons. The molecule has 0 atom stereocenters. The quantitative estimate of drug-likeness (QED) is 0.910. The number of ether oxygens (including phenoxy) is 1. The number of hydrogen-bond donors (Lipinski definition) is 2. The Morgan fingerprint density at radius 1 is 1.27 bits per heavy atom. The third kappa shape index (κ3) is 3.04. The largest absolute Gasteiger partial charge is 0.436 e. The highest BCUT2D eigenvalue weighted by molar-refractivity contribution is 5.99. The minimum absolute atomic E-state index is 0.123. The Balaban J connectivity index is 1.67. The first-order chi connectivity index (χ1) is 10.5. The first kappa shape index (κ1) is 14.4. The Kier molecular flexibility index (Phi) is 3.50. The fourth-order valence-corrected chi connectivity index (χ4v) is 1.80. The number of carbonyl (C=O) groups is 1. The molecule has 5 nitrogen and oxygen atoms in total. The van der Waals surface area contributed by atoms with Crippen molar-refractivity contribution >= 4 is 11.6 Å². The van der Waals surface area contributed by atoms with Crippen LogP contribution in [0.2, 0.25) is 0 Å². The molecule has 1 aromatic carbocycles. The second kappa shape index (κ2) is 5.34. The van der Waals surface area contributed by atoms with Crippen molar-refractivity contribution in [2.45, 2.75) is 18.4 Å². The van der Waals surface area contributed by atoms with Gasteiger partial charge in [-0.05, 0) is 31.0 Å². The second-order valence-electron chi connectivity index (χ2n) is 5.17. The number of aromatic nitrogens is 1. The van der Waals surface area contributed by atoms with E-state index in [9.17, 15) is 13.6 Å². The van der Waals surface area contributed by atoms with Crippen LogP contribution < -0.4 is 15.8 Å². The van der Waals surface area contributed by atoms with Crippen molar-refractivity contribution in [3.8, 4) is 11.6 Å². The van der Waals surface area contributed by atoms with Crippen LogP contribution in [0, 0.1) is 11.6 Å². The lowest BCUT2D eigenvalue weighted by Crippen LogP contribution is -2.37.